The van der Waals surface area contributed by atoms with Gasteiger partial charge in [0.15, 0.2) is 0 Å². The molecule has 2 rings (SSSR count). The van der Waals surface area contributed by atoms with Gasteiger partial charge in [-0.05, 0) is 48.4 Å². The number of rotatable bonds is 7. The maximum Gasteiger partial charge on any atom is 0.248 e. The van der Waals surface area contributed by atoms with Crippen LogP contribution in [0, 0.1) is 6.92 Å². The fourth-order valence-electron chi connectivity index (χ4n) is 2.56. The average molecular weight is 388 g/mol. The summed E-state index contributed by atoms with van der Waals surface area (Å²) in [5.41, 5.74) is 1.91. The molecule has 0 aromatic heterocycles. The average Bonchev–Trinajstić information content (AvgIpc) is 2.63. The van der Waals surface area contributed by atoms with E-state index in [2.05, 4.69) is 5.32 Å². The maximum absolute atomic E-state index is 12.5. The van der Waals surface area contributed by atoms with E-state index in [0.29, 0.717) is 24.3 Å². The number of aromatic hydroxyl groups is 1. The van der Waals surface area contributed by atoms with E-state index in [0.717, 1.165) is 5.56 Å². The van der Waals surface area contributed by atoms with Gasteiger partial charge in [-0.25, -0.2) is 8.42 Å². The number of aryl methyl sites for hydroxylation is 1. The van der Waals surface area contributed by atoms with Crippen molar-refractivity contribution < 1.29 is 18.3 Å². The Morgan fingerprint density at radius 1 is 1.11 bits per heavy atom. The van der Waals surface area contributed by atoms with Gasteiger partial charge in [0, 0.05) is 19.2 Å². The Bertz CT molecular complexity index is 931. The second-order valence-corrected chi connectivity index (χ2v) is 7.94. The third-order valence-electron chi connectivity index (χ3n) is 4.06. The fraction of sp³-hybridized carbons (Fsp3) is 0.250. The molecule has 0 saturated carbocycles. The third kappa shape index (κ3) is 5.18. The molecular formula is C20H24N2O4S. The quantitative estimate of drug-likeness (QED) is 0.562. The van der Waals surface area contributed by atoms with Crippen LogP contribution in [0.2, 0.25) is 0 Å². The molecule has 0 heterocycles. The fourth-order valence-corrected chi connectivity index (χ4v) is 4.02. The molecule has 0 aliphatic carbocycles. The summed E-state index contributed by atoms with van der Waals surface area (Å²) in [7, 11) is -3.50. The van der Waals surface area contributed by atoms with Crippen LogP contribution in [0.1, 0.15) is 25.0 Å². The SMILES string of the molecule is CCN(CC)S(=O)(=O)c1ccc(/C=C/C(=O)Nc2ccc(C)cc2O)cc1. The number of nitrogens with one attached hydrogen (secondary N) is 1. The lowest BCUT2D eigenvalue weighted by atomic mass is 10.2. The molecule has 2 aromatic carbocycles. The molecule has 1 amide bonds. The van der Waals surface area contributed by atoms with Gasteiger partial charge in [-0.2, -0.15) is 4.31 Å². The Morgan fingerprint density at radius 3 is 2.30 bits per heavy atom. The molecule has 0 bridgehead atoms. The van der Waals surface area contributed by atoms with Crippen molar-refractivity contribution in [3.8, 4) is 5.75 Å². The van der Waals surface area contributed by atoms with Crippen molar-refractivity contribution in [3.63, 3.8) is 0 Å². The first kappa shape index (κ1) is 20.7. The van der Waals surface area contributed by atoms with Crippen LogP contribution in [0.15, 0.2) is 53.4 Å². The largest absolute Gasteiger partial charge is 0.506 e. The summed E-state index contributed by atoms with van der Waals surface area (Å²) in [6, 6.07) is 11.3. The second-order valence-electron chi connectivity index (χ2n) is 6.00. The Balaban J connectivity index is 2.08. The van der Waals surface area contributed by atoms with Crippen LogP contribution < -0.4 is 5.32 Å². The molecule has 0 aliphatic rings. The number of benzene rings is 2. The summed E-state index contributed by atoms with van der Waals surface area (Å²) in [6.07, 6.45) is 2.90. The topological polar surface area (TPSA) is 86.7 Å². The second kappa shape index (κ2) is 8.83. The molecule has 2 aromatic rings. The monoisotopic (exact) mass is 388 g/mol. The molecule has 0 saturated heterocycles. The summed E-state index contributed by atoms with van der Waals surface area (Å²) >= 11 is 0. The van der Waals surface area contributed by atoms with E-state index >= 15 is 0 Å². The van der Waals surface area contributed by atoms with Crippen molar-refractivity contribution in [3.05, 3.63) is 59.7 Å². The van der Waals surface area contributed by atoms with Crippen molar-refractivity contribution >= 4 is 27.7 Å². The van der Waals surface area contributed by atoms with Crippen molar-refractivity contribution in [1.29, 1.82) is 0 Å². The Morgan fingerprint density at radius 2 is 1.74 bits per heavy atom. The molecule has 0 spiro atoms. The number of phenolic OH excluding ortho intramolecular Hbond substituents is 1. The normalized spacial score (nSPS) is 11.9. The highest BCUT2D eigenvalue weighted by Crippen LogP contribution is 2.24. The lowest BCUT2D eigenvalue weighted by Gasteiger charge is -2.18. The number of carbonyl (C=O) groups is 1. The van der Waals surface area contributed by atoms with Gasteiger partial charge in [-0.15, -0.1) is 0 Å². The first-order valence-electron chi connectivity index (χ1n) is 8.66. The van der Waals surface area contributed by atoms with Crippen LogP contribution in [-0.4, -0.2) is 36.8 Å². The zero-order valence-electron chi connectivity index (χ0n) is 15.6. The lowest BCUT2D eigenvalue weighted by molar-refractivity contribution is -0.111. The van der Waals surface area contributed by atoms with Gasteiger partial charge >= 0.3 is 0 Å². The number of hydrogen-bond donors (Lipinski definition) is 2. The van der Waals surface area contributed by atoms with E-state index < -0.39 is 15.9 Å². The highest BCUT2D eigenvalue weighted by Gasteiger charge is 2.20. The van der Waals surface area contributed by atoms with Crippen LogP contribution in [0.25, 0.3) is 6.08 Å². The van der Waals surface area contributed by atoms with Gasteiger partial charge in [0.25, 0.3) is 0 Å². The van der Waals surface area contributed by atoms with Gasteiger partial charge in [0.2, 0.25) is 15.9 Å². The minimum Gasteiger partial charge on any atom is -0.506 e. The van der Waals surface area contributed by atoms with E-state index in [1.54, 1.807) is 50.3 Å². The predicted molar refractivity (Wildman–Crippen MR) is 107 cm³/mol. The highest BCUT2D eigenvalue weighted by atomic mass is 32.2. The van der Waals surface area contributed by atoms with Crippen LogP contribution in [0.5, 0.6) is 5.75 Å². The Kier molecular flexibility index (Phi) is 6.76. The zero-order chi connectivity index (χ0) is 20.0. The predicted octanol–water partition coefficient (Wildman–Crippen LogP) is 3.38. The number of anilines is 1. The first-order valence-corrected chi connectivity index (χ1v) is 10.1. The van der Waals surface area contributed by atoms with Crippen LogP contribution in [0.3, 0.4) is 0 Å². The molecule has 6 nitrogen and oxygen atoms in total. The number of nitrogens with zero attached hydrogens (tertiary/aromatic N) is 1. The number of phenols is 1. The van der Waals surface area contributed by atoms with E-state index in [1.807, 2.05) is 6.92 Å². The Labute approximate surface area is 160 Å². The standard InChI is InChI=1S/C20H24N2O4S/c1-4-22(5-2)27(25,26)17-10-7-16(8-11-17)9-13-20(24)21-18-12-6-15(3)14-19(18)23/h6-14,23H,4-5H2,1-3H3,(H,21,24)/b13-9+. The van der Waals surface area contributed by atoms with Gasteiger partial charge in [-0.3, -0.25) is 4.79 Å². The molecule has 0 fully saturated rings. The summed E-state index contributed by atoms with van der Waals surface area (Å²) in [5.74, 6) is -0.392. The highest BCUT2D eigenvalue weighted by molar-refractivity contribution is 7.89. The van der Waals surface area contributed by atoms with Crippen molar-refractivity contribution in [2.24, 2.45) is 0 Å². The van der Waals surface area contributed by atoms with Crippen LogP contribution in [0.4, 0.5) is 5.69 Å². The first-order chi connectivity index (χ1) is 12.8. The molecule has 0 radical (unpaired) electrons. The molecule has 0 unspecified atom stereocenters. The van der Waals surface area contributed by atoms with Gasteiger partial charge in [-0.1, -0.05) is 32.0 Å². The number of carbonyl (C=O) groups excluding carboxylic acids is 1. The minimum atomic E-state index is -3.50. The molecular weight excluding hydrogens is 364 g/mol. The third-order valence-corrected chi connectivity index (χ3v) is 6.13. The minimum absolute atomic E-state index is 0.00251. The summed E-state index contributed by atoms with van der Waals surface area (Å²) < 4.78 is 26.3. The number of hydrogen-bond acceptors (Lipinski definition) is 4. The van der Waals surface area contributed by atoms with Crippen molar-refractivity contribution in [2.75, 3.05) is 18.4 Å². The molecule has 27 heavy (non-hydrogen) atoms. The lowest BCUT2D eigenvalue weighted by Crippen LogP contribution is -2.30. The maximum atomic E-state index is 12.5. The summed E-state index contributed by atoms with van der Waals surface area (Å²) in [6.45, 7) is 6.25. The van der Waals surface area contributed by atoms with E-state index in [-0.39, 0.29) is 10.6 Å². The van der Waals surface area contributed by atoms with E-state index in [4.69, 9.17) is 0 Å². The summed E-state index contributed by atoms with van der Waals surface area (Å²) in [5, 5.41) is 12.4. The molecule has 144 valence electrons. The van der Waals surface area contributed by atoms with Gasteiger partial charge in [0.05, 0.1) is 10.6 Å². The van der Waals surface area contributed by atoms with Crippen molar-refractivity contribution in [1.82, 2.24) is 4.31 Å². The van der Waals surface area contributed by atoms with Gasteiger partial charge in [0.1, 0.15) is 5.75 Å². The molecule has 2 N–H and O–H groups in total. The van der Waals surface area contributed by atoms with E-state index in [1.165, 1.54) is 22.5 Å². The smallest absolute Gasteiger partial charge is 0.248 e. The number of amides is 1. The van der Waals surface area contributed by atoms with Crippen LogP contribution >= 0.6 is 0 Å². The summed E-state index contributed by atoms with van der Waals surface area (Å²) in [4.78, 5) is 12.2. The van der Waals surface area contributed by atoms with Crippen LogP contribution in [-0.2, 0) is 14.8 Å². The molecule has 0 aliphatic heterocycles. The molecule has 0 atom stereocenters. The van der Waals surface area contributed by atoms with E-state index in [9.17, 15) is 18.3 Å². The molecule has 7 heteroatoms. The zero-order valence-corrected chi connectivity index (χ0v) is 16.5. The van der Waals surface area contributed by atoms with Crippen molar-refractivity contribution in [2.45, 2.75) is 25.7 Å². The number of sulfonamides is 1. The Hall–Kier alpha value is -2.64. The van der Waals surface area contributed by atoms with Gasteiger partial charge < -0.3 is 10.4 Å².